The molecule has 0 saturated heterocycles. The van der Waals surface area contributed by atoms with Crippen molar-refractivity contribution >= 4 is 11.9 Å². The Bertz CT molecular complexity index is 792. The van der Waals surface area contributed by atoms with Crippen LogP contribution in [-0.2, 0) is 19.4 Å². The van der Waals surface area contributed by atoms with Crippen LogP contribution in [0.2, 0.25) is 0 Å². The van der Waals surface area contributed by atoms with Crippen LogP contribution < -0.4 is 5.32 Å². The van der Waals surface area contributed by atoms with E-state index < -0.39 is 0 Å². The molecule has 0 atom stereocenters. The lowest BCUT2D eigenvalue weighted by Crippen LogP contribution is -2.42. The van der Waals surface area contributed by atoms with Crippen LogP contribution in [0.1, 0.15) is 27.0 Å². The van der Waals surface area contributed by atoms with Crippen molar-refractivity contribution in [1.82, 2.24) is 25.1 Å². The quantitative estimate of drug-likeness (QED) is 0.903. The molecular weight excluding hydrogens is 330 g/mol. The maximum atomic E-state index is 12.6. The van der Waals surface area contributed by atoms with E-state index in [4.69, 9.17) is 0 Å². The maximum absolute atomic E-state index is 12.6. The van der Waals surface area contributed by atoms with Crippen LogP contribution in [0.25, 0.3) is 0 Å². The molecule has 1 aliphatic rings. The van der Waals surface area contributed by atoms with E-state index in [1.54, 1.807) is 48.7 Å². The van der Waals surface area contributed by atoms with Gasteiger partial charge in [-0.3, -0.25) is 14.8 Å². The van der Waals surface area contributed by atoms with Gasteiger partial charge in [-0.1, -0.05) is 0 Å². The van der Waals surface area contributed by atoms with Crippen molar-refractivity contribution in [2.75, 3.05) is 27.2 Å². The van der Waals surface area contributed by atoms with E-state index in [0.717, 1.165) is 23.1 Å². The third-order valence-corrected chi connectivity index (χ3v) is 4.49. The smallest absolute Gasteiger partial charge is 0.319 e. The fourth-order valence-corrected chi connectivity index (χ4v) is 3.10. The molecule has 7 nitrogen and oxygen atoms in total. The zero-order chi connectivity index (χ0) is 18.5. The molecule has 1 aliphatic heterocycles. The molecule has 3 heterocycles. The number of pyridine rings is 2. The fraction of sp³-hybridized carbons (Fsp3) is 0.368. The average Bonchev–Trinajstić information content (AvgIpc) is 2.67. The predicted octanol–water partition coefficient (Wildman–Crippen LogP) is 1.49. The minimum Gasteiger partial charge on any atom is -0.352 e. The molecule has 136 valence electrons. The third kappa shape index (κ3) is 3.99. The van der Waals surface area contributed by atoms with E-state index in [-0.39, 0.29) is 11.9 Å². The van der Waals surface area contributed by atoms with Crippen molar-refractivity contribution in [3.8, 4) is 0 Å². The first-order valence-corrected chi connectivity index (χ1v) is 8.65. The molecule has 26 heavy (non-hydrogen) atoms. The summed E-state index contributed by atoms with van der Waals surface area (Å²) in [6.45, 7) is 1.64. The van der Waals surface area contributed by atoms with Crippen LogP contribution in [0.3, 0.4) is 0 Å². The lowest BCUT2D eigenvalue weighted by molar-refractivity contribution is 0.0952. The van der Waals surface area contributed by atoms with E-state index >= 15 is 0 Å². The number of hydrogen-bond donors (Lipinski definition) is 1. The number of amides is 3. The Morgan fingerprint density at radius 2 is 1.96 bits per heavy atom. The van der Waals surface area contributed by atoms with Gasteiger partial charge in [-0.2, -0.15) is 0 Å². The van der Waals surface area contributed by atoms with Crippen LogP contribution in [0.5, 0.6) is 0 Å². The Kier molecular flexibility index (Phi) is 5.46. The molecule has 1 N–H and O–H groups in total. The minimum absolute atomic E-state index is 0.0251. The van der Waals surface area contributed by atoms with Crippen LogP contribution in [0, 0.1) is 0 Å². The molecule has 2 aromatic rings. The molecule has 2 aromatic heterocycles. The van der Waals surface area contributed by atoms with E-state index in [9.17, 15) is 9.59 Å². The molecule has 0 aromatic carbocycles. The van der Waals surface area contributed by atoms with Crippen molar-refractivity contribution in [3.63, 3.8) is 0 Å². The molecule has 7 heteroatoms. The van der Waals surface area contributed by atoms with Gasteiger partial charge < -0.3 is 15.1 Å². The molecule has 0 aliphatic carbocycles. The number of rotatable bonds is 4. The van der Waals surface area contributed by atoms with Gasteiger partial charge in [0.2, 0.25) is 0 Å². The zero-order valence-electron chi connectivity index (χ0n) is 15.1. The first kappa shape index (κ1) is 17.8. The second-order valence-electron chi connectivity index (χ2n) is 6.53. The van der Waals surface area contributed by atoms with Crippen LogP contribution in [-0.4, -0.2) is 58.9 Å². The standard InChI is InChI=1S/C19H23N5O2/c1-23(2)19(26)24-10-6-16-15(13-24)11-21-12-17(16)18(25)22-9-5-14-3-7-20-8-4-14/h3-4,7-8,11-12H,5-6,9-10,13H2,1-2H3,(H,22,25). The Morgan fingerprint density at radius 1 is 1.19 bits per heavy atom. The van der Waals surface area contributed by atoms with Crippen molar-refractivity contribution in [1.29, 1.82) is 0 Å². The van der Waals surface area contributed by atoms with Gasteiger partial charge in [0.25, 0.3) is 5.91 Å². The molecule has 0 saturated carbocycles. The van der Waals surface area contributed by atoms with Crippen molar-refractivity contribution < 1.29 is 9.59 Å². The number of carbonyl (C=O) groups is 2. The first-order valence-electron chi connectivity index (χ1n) is 8.65. The van der Waals surface area contributed by atoms with E-state index in [1.165, 1.54) is 0 Å². The highest BCUT2D eigenvalue weighted by molar-refractivity contribution is 5.95. The molecule has 0 spiro atoms. The zero-order valence-corrected chi connectivity index (χ0v) is 15.1. The Hall–Kier alpha value is -2.96. The van der Waals surface area contributed by atoms with Gasteiger partial charge in [0, 0.05) is 58.5 Å². The largest absolute Gasteiger partial charge is 0.352 e. The van der Waals surface area contributed by atoms with E-state index in [2.05, 4.69) is 15.3 Å². The third-order valence-electron chi connectivity index (χ3n) is 4.49. The van der Waals surface area contributed by atoms with Gasteiger partial charge >= 0.3 is 6.03 Å². The lowest BCUT2D eigenvalue weighted by Gasteiger charge is -2.31. The van der Waals surface area contributed by atoms with E-state index in [1.807, 2.05) is 12.1 Å². The number of fused-ring (bicyclic) bond motifs is 1. The summed E-state index contributed by atoms with van der Waals surface area (Å²) in [5, 5.41) is 2.96. The Labute approximate surface area is 153 Å². The van der Waals surface area contributed by atoms with Crippen LogP contribution in [0.15, 0.2) is 36.9 Å². The topological polar surface area (TPSA) is 78.4 Å². The molecule has 3 amide bonds. The highest BCUT2D eigenvalue weighted by Gasteiger charge is 2.25. The number of hydrogen-bond acceptors (Lipinski definition) is 4. The van der Waals surface area contributed by atoms with Crippen molar-refractivity contribution in [2.45, 2.75) is 19.4 Å². The van der Waals surface area contributed by atoms with Gasteiger partial charge in [0.1, 0.15) is 0 Å². The molecular formula is C19H23N5O2. The second kappa shape index (κ2) is 7.95. The summed E-state index contributed by atoms with van der Waals surface area (Å²) in [5.41, 5.74) is 3.66. The van der Waals surface area contributed by atoms with E-state index in [0.29, 0.717) is 31.6 Å². The molecule has 3 rings (SSSR count). The summed E-state index contributed by atoms with van der Waals surface area (Å²) in [4.78, 5) is 36.3. The highest BCUT2D eigenvalue weighted by Crippen LogP contribution is 2.22. The van der Waals surface area contributed by atoms with Gasteiger partial charge in [0.15, 0.2) is 0 Å². The summed E-state index contributed by atoms with van der Waals surface area (Å²) < 4.78 is 0. The SMILES string of the molecule is CN(C)C(=O)N1CCc2c(cncc2C(=O)NCCc2ccncc2)C1. The predicted molar refractivity (Wildman–Crippen MR) is 97.7 cm³/mol. The number of nitrogens with zero attached hydrogens (tertiary/aromatic N) is 4. The van der Waals surface area contributed by atoms with Gasteiger partial charge in [0.05, 0.1) is 5.56 Å². The molecule has 0 unspecified atom stereocenters. The Morgan fingerprint density at radius 3 is 2.69 bits per heavy atom. The number of urea groups is 1. The monoisotopic (exact) mass is 353 g/mol. The molecule has 0 fully saturated rings. The lowest BCUT2D eigenvalue weighted by atomic mass is 9.97. The summed E-state index contributed by atoms with van der Waals surface area (Å²) in [5.74, 6) is -0.115. The average molecular weight is 353 g/mol. The van der Waals surface area contributed by atoms with Crippen molar-refractivity contribution in [3.05, 3.63) is 59.2 Å². The fourth-order valence-electron chi connectivity index (χ4n) is 3.10. The number of aromatic nitrogens is 2. The number of nitrogens with one attached hydrogen (secondary N) is 1. The Balaban J connectivity index is 1.65. The first-order chi connectivity index (χ1) is 12.6. The summed E-state index contributed by atoms with van der Waals surface area (Å²) >= 11 is 0. The van der Waals surface area contributed by atoms with Gasteiger partial charge in [-0.15, -0.1) is 0 Å². The maximum Gasteiger partial charge on any atom is 0.319 e. The van der Waals surface area contributed by atoms with Crippen molar-refractivity contribution in [2.24, 2.45) is 0 Å². The summed E-state index contributed by atoms with van der Waals surface area (Å²) in [7, 11) is 3.48. The van der Waals surface area contributed by atoms with Crippen LogP contribution >= 0.6 is 0 Å². The van der Waals surface area contributed by atoms with Crippen LogP contribution in [0.4, 0.5) is 4.79 Å². The number of carbonyl (C=O) groups excluding carboxylic acids is 2. The van der Waals surface area contributed by atoms with Gasteiger partial charge in [-0.25, -0.2) is 4.79 Å². The summed E-state index contributed by atoms with van der Waals surface area (Å²) in [6, 6.07) is 3.85. The van der Waals surface area contributed by atoms with Gasteiger partial charge in [-0.05, 0) is 41.7 Å². The highest BCUT2D eigenvalue weighted by atomic mass is 16.2. The summed E-state index contributed by atoms with van der Waals surface area (Å²) in [6.07, 6.45) is 8.26. The second-order valence-corrected chi connectivity index (χ2v) is 6.53. The molecule has 0 bridgehead atoms. The molecule has 0 radical (unpaired) electrons. The normalized spacial score (nSPS) is 13.1. The minimum atomic E-state index is -0.115.